The van der Waals surface area contributed by atoms with E-state index in [1.165, 1.54) is 5.69 Å². The predicted molar refractivity (Wildman–Crippen MR) is 93.3 cm³/mol. The van der Waals surface area contributed by atoms with Crippen LogP contribution in [0.25, 0.3) is 5.76 Å². The SMILES string of the molecule is CC(C)(C)[Si](C)(C)OC1=CCC[n+]2ccccc21.O=S(=O)([O-])C(F)(F)F. The van der Waals surface area contributed by atoms with Gasteiger partial charge in [0, 0.05) is 18.6 Å². The normalized spacial score (nSPS) is 15.3. The fourth-order valence-electron chi connectivity index (χ4n) is 1.86. The van der Waals surface area contributed by atoms with Crippen LogP contribution >= 0.6 is 0 Å². The van der Waals surface area contributed by atoms with Crippen LogP contribution in [0.1, 0.15) is 32.9 Å². The molecule has 0 aliphatic carbocycles. The zero-order valence-electron chi connectivity index (χ0n) is 15.4. The molecule has 0 atom stereocenters. The van der Waals surface area contributed by atoms with Crippen molar-refractivity contribution in [3.63, 3.8) is 0 Å². The molecule has 0 radical (unpaired) electrons. The molecule has 1 aliphatic rings. The number of rotatable bonds is 2. The van der Waals surface area contributed by atoms with E-state index >= 15 is 0 Å². The van der Waals surface area contributed by atoms with E-state index in [-0.39, 0.29) is 5.04 Å². The van der Waals surface area contributed by atoms with Crippen molar-refractivity contribution in [3.8, 4) is 0 Å². The van der Waals surface area contributed by atoms with E-state index in [2.05, 4.69) is 68.9 Å². The maximum atomic E-state index is 10.7. The number of hydrogen-bond donors (Lipinski definition) is 0. The van der Waals surface area contributed by atoms with Gasteiger partial charge in [0.2, 0.25) is 5.69 Å². The third-order valence-electron chi connectivity index (χ3n) is 4.35. The minimum absolute atomic E-state index is 0.241. The molecule has 0 bridgehead atoms. The first kappa shape index (κ1) is 22.6. The first-order valence-corrected chi connectivity index (χ1v) is 12.3. The number of halogens is 3. The lowest BCUT2D eigenvalue weighted by atomic mass is 10.2. The summed E-state index contributed by atoms with van der Waals surface area (Å²) in [4.78, 5) is 0. The highest BCUT2D eigenvalue weighted by molar-refractivity contribution is 7.86. The number of allylic oxidation sites excluding steroid dienone is 1. The summed E-state index contributed by atoms with van der Waals surface area (Å²) in [6.45, 7) is 12.5. The molecule has 26 heavy (non-hydrogen) atoms. The molecule has 0 amide bonds. The minimum atomic E-state index is -6.09. The highest BCUT2D eigenvalue weighted by Gasteiger charge is 2.41. The van der Waals surface area contributed by atoms with Crippen LogP contribution in [0.4, 0.5) is 13.2 Å². The molecule has 2 rings (SSSR count). The molecule has 0 fully saturated rings. The summed E-state index contributed by atoms with van der Waals surface area (Å²) in [5.74, 6) is 1.08. The molecule has 0 N–H and O–H groups in total. The van der Waals surface area contributed by atoms with Crippen LogP contribution in [-0.4, -0.2) is 26.8 Å². The zero-order chi connectivity index (χ0) is 20.4. The maximum Gasteiger partial charge on any atom is 0.485 e. The van der Waals surface area contributed by atoms with Crippen LogP contribution in [-0.2, 0) is 21.1 Å². The van der Waals surface area contributed by atoms with Crippen molar-refractivity contribution in [1.82, 2.24) is 0 Å². The number of fused-ring (bicyclic) bond motifs is 1. The Balaban J connectivity index is 0.000000359. The van der Waals surface area contributed by atoms with Crippen molar-refractivity contribution < 1.29 is 35.1 Å². The van der Waals surface area contributed by atoms with Crippen LogP contribution in [0.2, 0.25) is 18.1 Å². The topological polar surface area (TPSA) is 70.3 Å². The second-order valence-corrected chi connectivity index (χ2v) is 13.5. The van der Waals surface area contributed by atoms with Crippen molar-refractivity contribution in [2.75, 3.05) is 0 Å². The van der Waals surface area contributed by atoms with Gasteiger partial charge >= 0.3 is 5.51 Å². The Labute approximate surface area is 153 Å². The first-order chi connectivity index (χ1) is 11.6. The van der Waals surface area contributed by atoms with Gasteiger partial charge in [-0.2, -0.15) is 17.7 Å². The van der Waals surface area contributed by atoms with Crippen molar-refractivity contribution >= 4 is 24.2 Å². The molecule has 0 spiro atoms. The second-order valence-electron chi connectivity index (χ2n) is 7.40. The average Bonchev–Trinajstić information content (AvgIpc) is 2.44. The molecule has 0 saturated heterocycles. The molecule has 0 aromatic carbocycles. The van der Waals surface area contributed by atoms with Gasteiger partial charge in [-0.3, -0.25) is 0 Å². The predicted octanol–water partition coefficient (Wildman–Crippen LogP) is 3.79. The highest BCUT2D eigenvalue weighted by Crippen LogP contribution is 2.39. The number of alkyl halides is 3. The molecular weight excluding hydrogens is 387 g/mol. The number of hydrogen-bond acceptors (Lipinski definition) is 4. The molecule has 0 unspecified atom stereocenters. The van der Waals surface area contributed by atoms with Crippen molar-refractivity contribution in [3.05, 3.63) is 36.2 Å². The third kappa shape index (κ3) is 5.81. The average molecular weight is 412 g/mol. The summed E-state index contributed by atoms with van der Waals surface area (Å²) in [5, 5.41) is 0.241. The van der Waals surface area contributed by atoms with Crippen LogP contribution < -0.4 is 4.57 Å². The lowest BCUT2D eigenvalue weighted by Gasteiger charge is -2.37. The largest absolute Gasteiger partial charge is 0.741 e. The van der Waals surface area contributed by atoms with Gasteiger partial charge in [-0.25, -0.2) is 8.42 Å². The summed E-state index contributed by atoms with van der Waals surface area (Å²) in [6, 6.07) is 6.32. The Bertz CT molecular complexity index is 768. The van der Waals surface area contributed by atoms with Crippen molar-refractivity contribution in [2.24, 2.45) is 0 Å². The summed E-state index contributed by atoms with van der Waals surface area (Å²) >= 11 is 0. The zero-order valence-corrected chi connectivity index (χ0v) is 17.2. The monoisotopic (exact) mass is 411 g/mol. The van der Waals surface area contributed by atoms with E-state index in [1.54, 1.807) is 0 Å². The molecule has 0 saturated carbocycles. The van der Waals surface area contributed by atoms with E-state index in [4.69, 9.17) is 17.4 Å². The quantitative estimate of drug-likeness (QED) is 0.321. The van der Waals surface area contributed by atoms with E-state index < -0.39 is 23.9 Å². The molecule has 1 aromatic rings. The van der Waals surface area contributed by atoms with Crippen LogP contribution in [0.5, 0.6) is 0 Å². The lowest BCUT2D eigenvalue weighted by molar-refractivity contribution is -0.700. The fourth-order valence-corrected chi connectivity index (χ4v) is 2.90. The van der Waals surface area contributed by atoms with Crippen molar-refractivity contribution in [2.45, 2.75) is 57.4 Å². The van der Waals surface area contributed by atoms with E-state index in [9.17, 15) is 13.2 Å². The van der Waals surface area contributed by atoms with Gasteiger partial charge in [0.15, 0.2) is 28.6 Å². The van der Waals surface area contributed by atoms with Gasteiger partial charge in [-0.1, -0.05) is 20.8 Å². The van der Waals surface area contributed by atoms with Gasteiger partial charge in [0.25, 0.3) is 8.32 Å². The lowest BCUT2D eigenvalue weighted by Crippen LogP contribution is -2.44. The third-order valence-corrected chi connectivity index (χ3v) is 9.26. The Morgan fingerprint density at radius 2 is 1.73 bits per heavy atom. The van der Waals surface area contributed by atoms with Crippen molar-refractivity contribution in [1.29, 1.82) is 0 Å². The number of aryl methyl sites for hydroxylation is 1. The van der Waals surface area contributed by atoms with Gasteiger partial charge in [-0.15, -0.1) is 0 Å². The fraction of sp³-hybridized carbons (Fsp3) is 0.562. The summed E-state index contributed by atoms with van der Waals surface area (Å²) in [5.41, 5.74) is -4.43. The van der Waals surface area contributed by atoms with E-state index in [0.717, 1.165) is 18.7 Å². The van der Waals surface area contributed by atoms with Gasteiger partial charge in [0.05, 0.1) is 0 Å². The minimum Gasteiger partial charge on any atom is -0.741 e. The summed E-state index contributed by atoms with van der Waals surface area (Å²) in [6.07, 6.45) is 5.44. The number of aromatic nitrogens is 1. The molecule has 10 heteroatoms. The highest BCUT2D eigenvalue weighted by atomic mass is 32.2. The standard InChI is InChI=1S/C15H24NOSi.CHF3O3S/c1-15(2,3)18(4,5)17-14-10-8-12-16-11-7-6-9-13(14)16;2-1(3,4)8(5,6)7/h6-7,9-11H,8,12H2,1-5H3;(H,5,6,7)/q+1;/p-1. The molecule has 2 heterocycles. The molecule has 148 valence electrons. The molecule has 1 aliphatic heterocycles. The molecule has 5 nitrogen and oxygen atoms in total. The molecule has 1 aromatic heterocycles. The second kappa shape index (κ2) is 7.69. The smallest absolute Gasteiger partial charge is 0.485 e. The van der Waals surface area contributed by atoms with Crippen LogP contribution in [0.3, 0.4) is 0 Å². The Hall–Kier alpha value is -1.39. The number of nitrogens with zero attached hydrogens (tertiary/aromatic N) is 1. The summed E-state index contributed by atoms with van der Waals surface area (Å²) < 4.78 is 67.6. The van der Waals surface area contributed by atoms with Crippen LogP contribution in [0, 0.1) is 0 Å². The maximum absolute atomic E-state index is 10.7. The Kier molecular flexibility index (Phi) is 6.70. The Morgan fingerprint density at radius 1 is 1.19 bits per heavy atom. The number of pyridine rings is 1. The van der Waals surface area contributed by atoms with Gasteiger partial charge < -0.3 is 8.98 Å². The first-order valence-electron chi connectivity index (χ1n) is 7.96. The Morgan fingerprint density at radius 3 is 2.19 bits per heavy atom. The van der Waals surface area contributed by atoms with Gasteiger partial charge in [-0.05, 0) is 30.3 Å². The summed E-state index contributed by atoms with van der Waals surface area (Å²) in [7, 11) is -7.83. The van der Waals surface area contributed by atoms with Gasteiger partial charge in [0.1, 0.15) is 0 Å². The van der Waals surface area contributed by atoms with E-state index in [0.29, 0.717) is 0 Å². The van der Waals surface area contributed by atoms with E-state index in [1.807, 2.05) is 0 Å². The van der Waals surface area contributed by atoms with Crippen LogP contribution in [0.15, 0.2) is 30.5 Å². The molecular formula is C16H24F3NO4SSi.